The third kappa shape index (κ3) is 14.0. The van der Waals surface area contributed by atoms with Crippen LogP contribution in [-0.4, -0.2) is 35.3 Å². The van der Waals surface area contributed by atoms with Crippen LogP contribution < -0.4 is 11.1 Å². The van der Waals surface area contributed by atoms with Gasteiger partial charge in [-0.15, -0.1) is 0 Å². The van der Waals surface area contributed by atoms with Gasteiger partial charge in [0, 0.05) is 13.0 Å². The van der Waals surface area contributed by atoms with Gasteiger partial charge in [0.15, 0.2) is 0 Å². The van der Waals surface area contributed by atoms with E-state index < -0.39 is 12.0 Å². The van der Waals surface area contributed by atoms with Crippen LogP contribution in [0.15, 0.2) is 0 Å². The van der Waals surface area contributed by atoms with Gasteiger partial charge in [-0.3, -0.25) is 9.59 Å². The zero-order valence-electron chi connectivity index (χ0n) is 12.9. The van der Waals surface area contributed by atoms with E-state index in [0.717, 1.165) is 38.5 Å². The van der Waals surface area contributed by atoms with Crippen molar-refractivity contribution >= 4 is 24.5 Å². The first-order chi connectivity index (χ1) is 10.1. The number of carboxylic acids is 1. The molecule has 1 atom stereocenters. The van der Waals surface area contributed by atoms with E-state index in [4.69, 9.17) is 10.8 Å². The number of carbonyl (C=O) groups excluding carboxylic acids is 1. The number of carboxylic acid groups (broad SMARTS) is 1. The SMILES string of the molecule is NC(CCS)C(=O)NCCCCCCCCCCC(=O)O. The van der Waals surface area contributed by atoms with Crippen molar-refractivity contribution in [2.75, 3.05) is 12.3 Å². The third-order valence-corrected chi connectivity index (χ3v) is 3.65. The summed E-state index contributed by atoms with van der Waals surface area (Å²) in [7, 11) is 0. The van der Waals surface area contributed by atoms with Crippen molar-refractivity contribution in [1.82, 2.24) is 5.32 Å². The summed E-state index contributed by atoms with van der Waals surface area (Å²) in [5.41, 5.74) is 5.67. The fourth-order valence-corrected chi connectivity index (χ4v) is 2.35. The molecule has 0 aliphatic carbocycles. The normalized spacial score (nSPS) is 12.1. The lowest BCUT2D eigenvalue weighted by molar-refractivity contribution is -0.137. The van der Waals surface area contributed by atoms with Crippen molar-refractivity contribution in [1.29, 1.82) is 0 Å². The Labute approximate surface area is 133 Å². The number of amides is 1. The monoisotopic (exact) mass is 318 g/mol. The molecule has 0 aromatic heterocycles. The Kier molecular flexibility index (Phi) is 13.7. The zero-order chi connectivity index (χ0) is 15.9. The molecule has 0 saturated carbocycles. The van der Waals surface area contributed by atoms with Gasteiger partial charge in [-0.05, 0) is 25.0 Å². The van der Waals surface area contributed by atoms with E-state index in [9.17, 15) is 9.59 Å². The summed E-state index contributed by atoms with van der Waals surface area (Å²) in [5, 5.41) is 11.3. The van der Waals surface area contributed by atoms with Gasteiger partial charge < -0.3 is 16.2 Å². The quantitative estimate of drug-likeness (QED) is 0.292. The first kappa shape index (κ1) is 20.2. The molecule has 124 valence electrons. The van der Waals surface area contributed by atoms with Crippen molar-refractivity contribution < 1.29 is 14.7 Å². The number of carbonyl (C=O) groups is 2. The summed E-state index contributed by atoms with van der Waals surface area (Å²) in [4.78, 5) is 21.8. The van der Waals surface area contributed by atoms with Crippen LogP contribution >= 0.6 is 12.6 Å². The Hall–Kier alpha value is -0.750. The Bertz CT molecular complexity index is 288. The molecular weight excluding hydrogens is 288 g/mol. The van der Waals surface area contributed by atoms with Gasteiger partial charge in [0.05, 0.1) is 6.04 Å². The highest BCUT2D eigenvalue weighted by molar-refractivity contribution is 7.80. The highest BCUT2D eigenvalue weighted by atomic mass is 32.1. The van der Waals surface area contributed by atoms with Crippen LogP contribution in [0.1, 0.15) is 64.2 Å². The van der Waals surface area contributed by atoms with E-state index >= 15 is 0 Å². The molecular formula is C15H30N2O3S. The van der Waals surface area contributed by atoms with Crippen LogP contribution in [0.5, 0.6) is 0 Å². The van der Waals surface area contributed by atoms with Crippen LogP contribution in [-0.2, 0) is 9.59 Å². The van der Waals surface area contributed by atoms with Crippen LogP contribution in [0.3, 0.4) is 0 Å². The van der Waals surface area contributed by atoms with Crippen molar-refractivity contribution in [2.24, 2.45) is 5.73 Å². The zero-order valence-corrected chi connectivity index (χ0v) is 13.7. The Morgan fingerprint density at radius 1 is 1.00 bits per heavy atom. The molecule has 4 N–H and O–H groups in total. The molecule has 21 heavy (non-hydrogen) atoms. The highest BCUT2D eigenvalue weighted by Crippen LogP contribution is 2.09. The first-order valence-corrected chi connectivity index (χ1v) is 8.57. The Balaban J connectivity index is 3.22. The molecule has 0 bridgehead atoms. The molecule has 5 nitrogen and oxygen atoms in total. The van der Waals surface area contributed by atoms with E-state index in [0.29, 0.717) is 18.7 Å². The van der Waals surface area contributed by atoms with Gasteiger partial charge in [-0.1, -0.05) is 38.5 Å². The second-order valence-corrected chi connectivity index (χ2v) is 5.83. The van der Waals surface area contributed by atoms with Crippen molar-refractivity contribution in [3.63, 3.8) is 0 Å². The molecule has 6 heteroatoms. The molecule has 0 heterocycles. The summed E-state index contributed by atoms with van der Waals surface area (Å²) in [6.45, 7) is 0.692. The summed E-state index contributed by atoms with van der Waals surface area (Å²) >= 11 is 4.05. The largest absolute Gasteiger partial charge is 0.481 e. The molecule has 0 aromatic carbocycles. The third-order valence-electron chi connectivity index (χ3n) is 3.39. The number of nitrogens with two attached hydrogens (primary N) is 1. The minimum Gasteiger partial charge on any atom is -0.481 e. The van der Waals surface area contributed by atoms with Gasteiger partial charge in [0.2, 0.25) is 5.91 Å². The van der Waals surface area contributed by atoms with Crippen LogP contribution in [0.25, 0.3) is 0 Å². The van der Waals surface area contributed by atoms with Crippen molar-refractivity contribution in [2.45, 2.75) is 70.3 Å². The smallest absolute Gasteiger partial charge is 0.303 e. The summed E-state index contributed by atoms with van der Waals surface area (Å²) in [5.74, 6) is -0.158. The lowest BCUT2D eigenvalue weighted by Gasteiger charge is -2.10. The van der Waals surface area contributed by atoms with Crippen LogP contribution in [0.4, 0.5) is 0 Å². The molecule has 1 unspecified atom stereocenters. The number of hydrogen-bond acceptors (Lipinski definition) is 4. The predicted molar refractivity (Wildman–Crippen MR) is 88.6 cm³/mol. The van der Waals surface area contributed by atoms with Crippen molar-refractivity contribution in [3.8, 4) is 0 Å². The van der Waals surface area contributed by atoms with Gasteiger partial charge in [0.25, 0.3) is 0 Å². The molecule has 0 spiro atoms. The van der Waals surface area contributed by atoms with E-state index in [2.05, 4.69) is 17.9 Å². The number of unbranched alkanes of at least 4 members (excludes halogenated alkanes) is 7. The average molecular weight is 318 g/mol. The Morgan fingerprint density at radius 3 is 2.05 bits per heavy atom. The second-order valence-electron chi connectivity index (χ2n) is 5.38. The lowest BCUT2D eigenvalue weighted by Crippen LogP contribution is -2.41. The summed E-state index contributed by atoms with van der Waals surface area (Å²) < 4.78 is 0. The molecule has 0 saturated heterocycles. The molecule has 0 fully saturated rings. The average Bonchev–Trinajstić information content (AvgIpc) is 2.44. The van der Waals surface area contributed by atoms with E-state index in [-0.39, 0.29) is 12.3 Å². The summed E-state index contributed by atoms with van der Waals surface area (Å²) in [6, 6.07) is -0.437. The van der Waals surface area contributed by atoms with E-state index in [1.54, 1.807) is 0 Å². The topological polar surface area (TPSA) is 92.4 Å². The lowest BCUT2D eigenvalue weighted by atomic mass is 10.1. The van der Waals surface area contributed by atoms with Crippen LogP contribution in [0.2, 0.25) is 0 Å². The van der Waals surface area contributed by atoms with Gasteiger partial charge in [-0.2, -0.15) is 12.6 Å². The minimum atomic E-state index is -0.703. The molecule has 0 aromatic rings. The van der Waals surface area contributed by atoms with Gasteiger partial charge >= 0.3 is 5.97 Å². The predicted octanol–water partition coefficient (Wildman–Crippen LogP) is 2.35. The van der Waals surface area contributed by atoms with Crippen LogP contribution in [0, 0.1) is 0 Å². The molecule has 0 aliphatic heterocycles. The number of thiol groups is 1. The first-order valence-electron chi connectivity index (χ1n) is 7.94. The maximum atomic E-state index is 11.5. The standard InChI is InChI=1S/C15H30N2O3S/c16-13(10-12-21)15(20)17-11-8-6-4-2-1-3-5-7-9-14(18)19/h13,21H,1-12,16H2,(H,17,20)(H,18,19). The fraction of sp³-hybridized carbons (Fsp3) is 0.867. The van der Waals surface area contributed by atoms with Gasteiger partial charge in [-0.25, -0.2) is 0 Å². The number of rotatable bonds is 14. The Morgan fingerprint density at radius 2 is 1.52 bits per heavy atom. The van der Waals surface area contributed by atoms with Crippen molar-refractivity contribution in [3.05, 3.63) is 0 Å². The maximum Gasteiger partial charge on any atom is 0.303 e. The van der Waals surface area contributed by atoms with E-state index in [1.165, 1.54) is 12.8 Å². The minimum absolute atomic E-state index is 0.0810. The fourth-order valence-electron chi connectivity index (χ4n) is 2.07. The highest BCUT2D eigenvalue weighted by Gasteiger charge is 2.10. The number of nitrogens with one attached hydrogen (secondary N) is 1. The molecule has 0 aliphatic rings. The van der Waals surface area contributed by atoms with E-state index in [1.807, 2.05) is 0 Å². The molecule has 1 amide bonds. The number of hydrogen-bond donors (Lipinski definition) is 4. The maximum absolute atomic E-state index is 11.5. The second kappa shape index (κ2) is 14.2. The summed E-state index contributed by atoms with van der Waals surface area (Å²) in [6.07, 6.45) is 9.40. The number of aliphatic carboxylic acids is 1. The molecule has 0 radical (unpaired) electrons. The molecule has 0 rings (SSSR count). The van der Waals surface area contributed by atoms with Gasteiger partial charge in [0.1, 0.15) is 0 Å².